The molecule has 3 atom stereocenters. The van der Waals surface area contributed by atoms with E-state index in [1.807, 2.05) is 48.5 Å². The standard InChI is InChI=1S/C21H21NO3/c23-20(16-9-5-2-6-10-16)22-13-17-11-18(12-19(17)21(22)24)25-14-15-7-3-1-4-8-15/h1-10,17-19H,11-14H2. The Hall–Kier alpha value is -2.46. The molecular formula is C21H21NO3. The van der Waals surface area contributed by atoms with E-state index in [0.29, 0.717) is 18.7 Å². The summed E-state index contributed by atoms with van der Waals surface area (Å²) in [5, 5.41) is 0. The van der Waals surface area contributed by atoms with E-state index in [0.717, 1.165) is 18.4 Å². The summed E-state index contributed by atoms with van der Waals surface area (Å²) in [6.45, 7) is 1.09. The minimum absolute atomic E-state index is 0.0373. The van der Waals surface area contributed by atoms with E-state index in [1.165, 1.54) is 4.90 Å². The number of likely N-dealkylation sites (tertiary alicyclic amines) is 1. The summed E-state index contributed by atoms with van der Waals surface area (Å²) < 4.78 is 6.00. The zero-order valence-electron chi connectivity index (χ0n) is 14.0. The summed E-state index contributed by atoms with van der Waals surface area (Å²) in [6.07, 6.45) is 1.67. The number of nitrogens with zero attached hydrogens (tertiary/aromatic N) is 1. The predicted octanol–water partition coefficient (Wildman–Crippen LogP) is 3.28. The van der Waals surface area contributed by atoms with E-state index in [-0.39, 0.29) is 29.8 Å². The number of fused-ring (bicyclic) bond motifs is 1. The molecule has 0 radical (unpaired) electrons. The van der Waals surface area contributed by atoms with Crippen molar-refractivity contribution in [2.75, 3.05) is 6.54 Å². The highest BCUT2D eigenvalue weighted by atomic mass is 16.5. The second-order valence-electron chi connectivity index (χ2n) is 6.88. The van der Waals surface area contributed by atoms with Crippen LogP contribution in [0, 0.1) is 11.8 Å². The Balaban J connectivity index is 1.36. The second kappa shape index (κ2) is 6.81. The van der Waals surface area contributed by atoms with E-state index in [9.17, 15) is 9.59 Å². The van der Waals surface area contributed by atoms with Gasteiger partial charge >= 0.3 is 0 Å². The number of imide groups is 1. The van der Waals surface area contributed by atoms with Gasteiger partial charge in [-0.1, -0.05) is 48.5 Å². The number of hydrogen-bond acceptors (Lipinski definition) is 3. The Labute approximate surface area is 147 Å². The van der Waals surface area contributed by atoms with Gasteiger partial charge in [-0.25, -0.2) is 0 Å². The van der Waals surface area contributed by atoms with Crippen molar-refractivity contribution >= 4 is 11.8 Å². The van der Waals surface area contributed by atoms with Gasteiger partial charge in [-0.2, -0.15) is 0 Å². The summed E-state index contributed by atoms with van der Waals surface area (Å²) in [5.41, 5.74) is 1.72. The highest BCUT2D eigenvalue weighted by Crippen LogP contribution is 2.41. The lowest BCUT2D eigenvalue weighted by atomic mass is 10.0. The Bertz CT molecular complexity index is 759. The van der Waals surface area contributed by atoms with Crippen LogP contribution < -0.4 is 0 Å². The number of carbonyl (C=O) groups is 2. The molecule has 128 valence electrons. The molecular weight excluding hydrogens is 314 g/mol. The van der Waals surface area contributed by atoms with Gasteiger partial charge in [-0.15, -0.1) is 0 Å². The molecule has 1 saturated carbocycles. The number of benzene rings is 2. The predicted molar refractivity (Wildman–Crippen MR) is 93.7 cm³/mol. The van der Waals surface area contributed by atoms with Gasteiger partial charge in [0.15, 0.2) is 0 Å². The number of hydrogen-bond donors (Lipinski definition) is 0. The molecule has 4 heteroatoms. The molecule has 3 unspecified atom stereocenters. The molecule has 2 aliphatic rings. The Morgan fingerprint density at radius 3 is 2.36 bits per heavy atom. The molecule has 1 heterocycles. The van der Waals surface area contributed by atoms with E-state index >= 15 is 0 Å². The highest BCUT2D eigenvalue weighted by Gasteiger charge is 2.49. The number of ether oxygens (including phenoxy) is 1. The van der Waals surface area contributed by atoms with E-state index in [2.05, 4.69) is 0 Å². The second-order valence-corrected chi connectivity index (χ2v) is 6.88. The van der Waals surface area contributed by atoms with Crippen molar-refractivity contribution in [2.24, 2.45) is 11.8 Å². The molecule has 0 aromatic heterocycles. The average Bonchev–Trinajstić information content (AvgIpc) is 3.20. The van der Waals surface area contributed by atoms with Crippen molar-refractivity contribution in [1.82, 2.24) is 4.90 Å². The van der Waals surface area contributed by atoms with Crippen LogP contribution in [0.4, 0.5) is 0 Å². The molecule has 0 spiro atoms. The van der Waals surface area contributed by atoms with Gasteiger partial charge < -0.3 is 4.74 Å². The molecule has 1 saturated heterocycles. The third kappa shape index (κ3) is 3.22. The summed E-state index contributed by atoms with van der Waals surface area (Å²) in [4.78, 5) is 26.7. The van der Waals surface area contributed by atoms with Gasteiger partial charge in [0.2, 0.25) is 5.91 Å². The summed E-state index contributed by atoms with van der Waals surface area (Å²) >= 11 is 0. The molecule has 2 aromatic rings. The van der Waals surface area contributed by atoms with Crippen molar-refractivity contribution in [3.05, 3.63) is 71.8 Å². The third-order valence-corrected chi connectivity index (χ3v) is 5.25. The maximum absolute atomic E-state index is 12.7. The molecule has 2 fully saturated rings. The first-order valence-electron chi connectivity index (χ1n) is 8.78. The first-order chi connectivity index (χ1) is 12.2. The number of carbonyl (C=O) groups excluding carboxylic acids is 2. The maximum atomic E-state index is 12.7. The minimum atomic E-state index is -0.179. The molecule has 25 heavy (non-hydrogen) atoms. The van der Waals surface area contributed by atoms with Crippen LogP contribution in [-0.4, -0.2) is 29.4 Å². The normalized spacial score (nSPS) is 25.2. The van der Waals surface area contributed by atoms with Crippen LogP contribution in [0.3, 0.4) is 0 Å². The molecule has 2 amide bonds. The average molecular weight is 335 g/mol. The van der Waals surface area contributed by atoms with E-state index in [4.69, 9.17) is 4.74 Å². The monoisotopic (exact) mass is 335 g/mol. The molecule has 2 aromatic carbocycles. The molecule has 4 rings (SSSR count). The van der Waals surface area contributed by atoms with Crippen LogP contribution in [0.2, 0.25) is 0 Å². The van der Waals surface area contributed by atoms with E-state index in [1.54, 1.807) is 12.1 Å². The van der Waals surface area contributed by atoms with Gasteiger partial charge in [0.25, 0.3) is 5.91 Å². The quantitative estimate of drug-likeness (QED) is 0.806. The number of rotatable bonds is 4. The van der Waals surface area contributed by atoms with Crippen molar-refractivity contribution < 1.29 is 14.3 Å². The SMILES string of the molecule is O=C(c1ccccc1)N1CC2CC(OCc3ccccc3)CC2C1=O. The number of amides is 2. The Morgan fingerprint density at radius 2 is 1.68 bits per heavy atom. The van der Waals surface area contributed by atoms with Crippen molar-refractivity contribution in [2.45, 2.75) is 25.6 Å². The Morgan fingerprint density at radius 1 is 1.00 bits per heavy atom. The smallest absolute Gasteiger partial charge is 0.260 e. The Kier molecular flexibility index (Phi) is 4.36. The fourth-order valence-corrected chi connectivity index (χ4v) is 3.95. The van der Waals surface area contributed by atoms with E-state index < -0.39 is 0 Å². The van der Waals surface area contributed by atoms with Crippen LogP contribution in [0.5, 0.6) is 0 Å². The zero-order valence-corrected chi connectivity index (χ0v) is 14.0. The maximum Gasteiger partial charge on any atom is 0.260 e. The van der Waals surface area contributed by atoms with Crippen LogP contribution >= 0.6 is 0 Å². The molecule has 4 nitrogen and oxygen atoms in total. The summed E-state index contributed by atoms with van der Waals surface area (Å²) in [6, 6.07) is 19.1. The van der Waals surface area contributed by atoms with Gasteiger partial charge in [0, 0.05) is 18.0 Å². The van der Waals surface area contributed by atoms with Crippen molar-refractivity contribution in [3.8, 4) is 0 Å². The molecule has 1 aliphatic heterocycles. The van der Waals surface area contributed by atoms with Gasteiger partial charge in [0.05, 0.1) is 12.7 Å². The highest BCUT2D eigenvalue weighted by molar-refractivity contribution is 6.06. The topological polar surface area (TPSA) is 46.6 Å². The first kappa shape index (κ1) is 16.0. The minimum Gasteiger partial charge on any atom is -0.374 e. The lowest BCUT2D eigenvalue weighted by molar-refractivity contribution is -0.129. The van der Waals surface area contributed by atoms with Crippen LogP contribution in [-0.2, 0) is 16.1 Å². The zero-order chi connectivity index (χ0) is 17.2. The first-order valence-corrected chi connectivity index (χ1v) is 8.78. The fraction of sp³-hybridized carbons (Fsp3) is 0.333. The fourth-order valence-electron chi connectivity index (χ4n) is 3.95. The largest absolute Gasteiger partial charge is 0.374 e. The molecule has 0 bridgehead atoms. The van der Waals surface area contributed by atoms with Gasteiger partial charge in [-0.05, 0) is 36.5 Å². The summed E-state index contributed by atoms with van der Waals surface area (Å²) in [7, 11) is 0. The van der Waals surface area contributed by atoms with Crippen LogP contribution in [0.1, 0.15) is 28.8 Å². The van der Waals surface area contributed by atoms with Gasteiger partial charge in [-0.3, -0.25) is 14.5 Å². The van der Waals surface area contributed by atoms with Crippen LogP contribution in [0.15, 0.2) is 60.7 Å². The summed E-state index contributed by atoms with van der Waals surface area (Å²) in [5.74, 6) is -0.0687. The third-order valence-electron chi connectivity index (χ3n) is 5.25. The lowest BCUT2D eigenvalue weighted by Crippen LogP contribution is -2.34. The molecule has 0 N–H and O–H groups in total. The molecule has 1 aliphatic carbocycles. The lowest BCUT2D eigenvalue weighted by Gasteiger charge is -2.18. The van der Waals surface area contributed by atoms with Crippen molar-refractivity contribution in [3.63, 3.8) is 0 Å². The van der Waals surface area contributed by atoms with Crippen LogP contribution in [0.25, 0.3) is 0 Å². The van der Waals surface area contributed by atoms with Gasteiger partial charge in [0.1, 0.15) is 0 Å². The van der Waals surface area contributed by atoms with Crippen molar-refractivity contribution in [1.29, 1.82) is 0 Å².